The summed E-state index contributed by atoms with van der Waals surface area (Å²) in [5, 5.41) is 13.0. The van der Waals surface area contributed by atoms with Crippen molar-refractivity contribution in [3.05, 3.63) is 27.8 Å². The summed E-state index contributed by atoms with van der Waals surface area (Å²) in [7, 11) is 1.48. The molecule has 1 amide bonds. The van der Waals surface area contributed by atoms with E-state index in [1.807, 2.05) is 6.92 Å². The molecule has 1 aliphatic heterocycles. The zero-order valence-electron chi connectivity index (χ0n) is 21.1. The summed E-state index contributed by atoms with van der Waals surface area (Å²) < 4.78 is 17.2. The van der Waals surface area contributed by atoms with Gasteiger partial charge in [0.05, 0.1) is 30.7 Å². The van der Waals surface area contributed by atoms with E-state index < -0.39 is 4.92 Å². The molecule has 0 saturated carbocycles. The molecule has 0 bridgehead atoms. The number of nitro groups is 1. The third-order valence-electron chi connectivity index (χ3n) is 6.03. The molecule has 1 unspecified atom stereocenters. The van der Waals surface area contributed by atoms with Crippen molar-refractivity contribution >= 4 is 39.3 Å². The number of nitrogens with zero attached hydrogens (tertiary/aromatic N) is 2. The number of amides is 1. The van der Waals surface area contributed by atoms with Gasteiger partial charge < -0.3 is 19.1 Å². The molecule has 10 heteroatoms. The third-order valence-corrected chi connectivity index (χ3v) is 7.70. The maximum Gasteiger partial charge on any atom is 0.286 e. The maximum absolute atomic E-state index is 13.5. The van der Waals surface area contributed by atoms with Gasteiger partial charge in [0.1, 0.15) is 11.0 Å². The van der Waals surface area contributed by atoms with Crippen molar-refractivity contribution in [3.63, 3.8) is 0 Å². The van der Waals surface area contributed by atoms with E-state index in [4.69, 9.17) is 14.2 Å². The topological polar surface area (TPSA) is 91.1 Å². The SMILES string of the molecule is CCOC(SCC)[C@@H]1CCCN1C(=O)c1cc(OC)c(OCCCCCCCCBr)cc1[N+](=O)[O-]. The van der Waals surface area contributed by atoms with Crippen LogP contribution in [0.2, 0.25) is 0 Å². The molecule has 1 fully saturated rings. The Kier molecular flexibility index (Phi) is 13.8. The predicted octanol–water partition coefficient (Wildman–Crippen LogP) is 6.44. The molecule has 1 heterocycles. The van der Waals surface area contributed by atoms with Crippen LogP contribution in [0, 0.1) is 10.1 Å². The van der Waals surface area contributed by atoms with Crippen molar-refractivity contribution in [2.75, 3.05) is 38.0 Å². The number of halogens is 1. The number of thioether (sulfide) groups is 1. The van der Waals surface area contributed by atoms with Crippen LogP contribution in [0.4, 0.5) is 5.69 Å². The third kappa shape index (κ3) is 8.82. The molecule has 8 nitrogen and oxygen atoms in total. The minimum Gasteiger partial charge on any atom is -0.493 e. The highest BCUT2D eigenvalue weighted by molar-refractivity contribution is 9.09. The molecular weight excluding hydrogens is 536 g/mol. The van der Waals surface area contributed by atoms with E-state index in [1.165, 1.54) is 38.5 Å². The van der Waals surface area contributed by atoms with E-state index in [0.717, 1.165) is 43.2 Å². The number of rotatable bonds is 17. The Morgan fingerprint density at radius 1 is 1.20 bits per heavy atom. The van der Waals surface area contributed by atoms with Gasteiger partial charge in [-0.05, 0) is 38.4 Å². The normalized spacial score (nSPS) is 16.3. The summed E-state index contributed by atoms with van der Waals surface area (Å²) in [4.78, 5) is 26.7. The molecule has 0 N–H and O–H groups in total. The van der Waals surface area contributed by atoms with Crippen molar-refractivity contribution in [1.82, 2.24) is 4.90 Å². The standard InChI is InChI=1S/C25H39BrN2O6S/c1-4-33-25(35-5-2)20-13-12-15-27(20)24(29)19-17-22(32-3)23(18-21(19)28(30)31)34-16-11-9-7-6-8-10-14-26/h17-18,20,25H,4-16H2,1-3H3/t20-,25?/m0/s1. The monoisotopic (exact) mass is 574 g/mol. The number of unbranched alkanes of at least 4 members (excludes halogenated alkanes) is 5. The highest BCUT2D eigenvalue weighted by Gasteiger charge is 2.38. The smallest absolute Gasteiger partial charge is 0.286 e. The first-order valence-corrected chi connectivity index (χ1v) is 14.7. The largest absolute Gasteiger partial charge is 0.493 e. The van der Waals surface area contributed by atoms with Crippen LogP contribution in [0.1, 0.15) is 75.6 Å². The second kappa shape index (κ2) is 16.3. The number of carbonyl (C=O) groups excluding carboxylic acids is 1. The summed E-state index contributed by atoms with van der Waals surface area (Å²) in [5.41, 5.74) is -0.392. The Morgan fingerprint density at radius 3 is 2.54 bits per heavy atom. The van der Waals surface area contributed by atoms with Crippen LogP contribution >= 0.6 is 27.7 Å². The van der Waals surface area contributed by atoms with Gasteiger partial charge >= 0.3 is 0 Å². The van der Waals surface area contributed by atoms with E-state index in [-0.39, 0.29) is 28.6 Å². The van der Waals surface area contributed by atoms with Crippen LogP contribution < -0.4 is 9.47 Å². The van der Waals surface area contributed by atoms with Crippen LogP contribution in [0.25, 0.3) is 0 Å². The van der Waals surface area contributed by atoms with Gasteiger partial charge in [-0.1, -0.05) is 48.5 Å². The van der Waals surface area contributed by atoms with Crippen LogP contribution in [-0.2, 0) is 4.74 Å². The van der Waals surface area contributed by atoms with Gasteiger partial charge in [0, 0.05) is 24.5 Å². The lowest BCUT2D eigenvalue weighted by Gasteiger charge is -2.31. The van der Waals surface area contributed by atoms with Crippen molar-refractivity contribution < 1.29 is 23.9 Å². The highest BCUT2D eigenvalue weighted by Crippen LogP contribution is 2.37. The molecule has 0 aromatic heterocycles. The first kappa shape index (κ1) is 29.7. The summed E-state index contributed by atoms with van der Waals surface area (Å²) in [6.07, 6.45) is 8.27. The van der Waals surface area contributed by atoms with E-state index in [2.05, 4.69) is 22.9 Å². The molecule has 198 valence electrons. The van der Waals surface area contributed by atoms with Gasteiger partial charge in [-0.15, -0.1) is 11.8 Å². The maximum atomic E-state index is 13.5. The Hall–Kier alpha value is -1.52. The summed E-state index contributed by atoms with van der Waals surface area (Å²) in [5.74, 6) is 1.12. The Labute approximate surface area is 221 Å². The van der Waals surface area contributed by atoms with Crippen molar-refractivity contribution in [3.8, 4) is 11.5 Å². The number of nitro benzene ring substituents is 1. The Morgan fingerprint density at radius 2 is 1.91 bits per heavy atom. The van der Waals surface area contributed by atoms with Gasteiger partial charge in [0.15, 0.2) is 11.5 Å². The van der Waals surface area contributed by atoms with Gasteiger partial charge in [0.2, 0.25) is 0 Å². The molecule has 35 heavy (non-hydrogen) atoms. The molecule has 2 rings (SSSR count). The van der Waals surface area contributed by atoms with Gasteiger partial charge in [0.25, 0.3) is 11.6 Å². The second-order valence-electron chi connectivity index (χ2n) is 8.42. The van der Waals surface area contributed by atoms with E-state index >= 15 is 0 Å². The van der Waals surface area contributed by atoms with Crippen molar-refractivity contribution in [2.24, 2.45) is 0 Å². The molecule has 1 aromatic carbocycles. The van der Waals surface area contributed by atoms with Gasteiger partial charge in [-0.25, -0.2) is 0 Å². The summed E-state index contributed by atoms with van der Waals surface area (Å²) in [6, 6.07) is 2.66. The quantitative estimate of drug-likeness (QED) is 0.0694. The van der Waals surface area contributed by atoms with Crippen molar-refractivity contribution in [1.29, 1.82) is 0 Å². The number of likely N-dealkylation sites (tertiary alicyclic amines) is 1. The van der Waals surface area contributed by atoms with E-state index in [0.29, 0.717) is 31.3 Å². The first-order valence-electron chi connectivity index (χ1n) is 12.6. The molecule has 2 atom stereocenters. The Balaban J connectivity index is 2.15. The molecule has 0 spiro atoms. The fourth-order valence-electron chi connectivity index (χ4n) is 4.31. The molecular formula is C25H39BrN2O6S. The molecule has 0 aliphatic carbocycles. The molecule has 1 saturated heterocycles. The van der Waals surface area contributed by atoms with Crippen LogP contribution in [0.3, 0.4) is 0 Å². The average molecular weight is 576 g/mol. The van der Waals surface area contributed by atoms with E-state index in [1.54, 1.807) is 16.7 Å². The number of methoxy groups -OCH3 is 1. The number of ether oxygens (including phenoxy) is 3. The lowest BCUT2D eigenvalue weighted by Crippen LogP contribution is -2.43. The van der Waals surface area contributed by atoms with Gasteiger partial charge in [-0.3, -0.25) is 14.9 Å². The molecule has 1 aliphatic rings. The minimum absolute atomic E-state index is 0.0228. The lowest BCUT2D eigenvalue weighted by atomic mass is 10.1. The van der Waals surface area contributed by atoms with E-state index in [9.17, 15) is 14.9 Å². The zero-order valence-corrected chi connectivity index (χ0v) is 23.5. The number of alkyl halides is 1. The summed E-state index contributed by atoms with van der Waals surface area (Å²) >= 11 is 5.10. The summed E-state index contributed by atoms with van der Waals surface area (Å²) in [6.45, 7) is 5.52. The first-order chi connectivity index (χ1) is 17.0. The second-order valence-corrected chi connectivity index (χ2v) is 10.6. The zero-order chi connectivity index (χ0) is 25.6. The molecule has 1 aromatic rings. The van der Waals surface area contributed by atoms with Crippen LogP contribution in [-0.4, -0.2) is 65.2 Å². The van der Waals surface area contributed by atoms with Gasteiger partial charge in [-0.2, -0.15) is 0 Å². The van der Waals surface area contributed by atoms with Crippen molar-refractivity contribution in [2.45, 2.75) is 76.7 Å². The number of carbonyl (C=O) groups is 1. The highest BCUT2D eigenvalue weighted by atomic mass is 79.9. The fourth-order valence-corrected chi connectivity index (χ4v) is 5.77. The lowest BCUT2D eigenvalue weighted by molar-refractivity contribution is -0.385. The van der Waals surface area contributed by atoms with Crippen LogP contribution in [0.5, 0.6) is 11.5 Å². The van der Waals surface area contributed by atoms with Crippen LogP contribution in [0.15, 0.2) is 12.1 Å². The minimum atomic E-state index is -0.519. The number of benzene rings is 1. The predicted molar refractivity (Wildman–Crippen MR) is 144 cm³/mol. The molecule has 0 radical (unpaired) electrons. The fraction of sp³-hybridized carbons (Fsp3) is 0.720. The number of hydrogen-bond acceptors (Lipinski definition) is 7. The number of hydrogen-bond donors (Lipinski definition) is 0. The Bertz CT molecular complexity index is 806. The average Bonchev–Trinajstić information content (AvgIpc) is 3.34.